The van der Waals surface area contributed by atoms with Crippen LogP contribution in [0.5, 0.6) is 0 Å². The topological polar surface area (TPSA) is 12.0 Å². The summed E-state index contributed by atoms with van der Waals surface area (Å²) in [4.78, 5) is 2.01. The summed E-state index contributed by atoms with van der Waals surface area (Å²) < 4.78 is 1.08. The fraction of sp³-hybridized carbons (Fsp3) is 0.200. The molecule has 0 fully saturated rings. The third-order valence-electron chi connectivity index (χ3n) is 3.47. The third kappa shape index (κ3) is 5.63. The number of para-hydroxylation sites is 1. The van der Waals surface area contributed by atoms with Crippen LogP contribution in [0.2, 0.25) is 0 Å². The second-order valence-electron chi connectivity index (χ2n) is 5.18. The van der Waals surface area contributed by atoms with Crippen LogP contribution in [0.3, 0.4) is 0 Å². The van der Waals surface area contributed by atoms with Gasteiger partial charge < -0.3 is 5.32 Å². The molecule has 24 heavy (non-hydrogen) atoms. The molecule has 122 valence electrons. The number of thiophene rings is 1. The Bertz CT molecular complexity index is 829. The van der Waals surface area contributed by atoms with Gasteiger partial charge in [0.15, 0.2) is 0 Å². The lowest BCUT2D eigenvalue weighted by atomic mass is 10.00. The molecule has 1 N–H and O–H groups in total. The van der Waals surface area contributed by atoms with E-state index in [9.17, 15) is 0 Å². The van der Waals surface area contributed by atoms with E-state index < -0.39 is 0 Å². The van der Waals surface area contributed by atoms with Gasteiger partial charge in [-0.2, -0.15) is 0 Å². The molecule has 1 aromatic heterocycles. The predicted molar refractivity (Wildman–Crippen MR) is 118 cm³/mol. The predicted octanol–water partition coefficient (Wildman–Crippen LogP) is 6.14. The van der Waals surface area contributed by atoms with Crippen LogP contribution in [0.15, 0.2) is 51.7 Å². The van der Waals surface area contributed by atoms with Crippen molar-refractivity contribution in [2.75, 3.05) is 5.32 Å². The summed E-state index contributed by atoms with van der Waals surface area (Å²) in [7, 11) is 0. The molecule has 0 spiro atoms. The number of hydrogen-bond donors (Lipinski definition) is 2. The van der Waals surface area contributed by atoms with Crippen LogP contribution < -0.4 is 5.32 Å². The highest BCUT2D eigenvalue weighted by atomic mass is 127. The Morgan fingerprint density at radius 2 is 1.83 bits per heavy atom. The molecular weight excluding hydrogens is 445 g/mol. The van der Waals surface area contributed by atoms with Crippen molar-refractivity contribution in [3.8, 4) is 23.0 Å². The van der Waals surface area contributed by atoms with Gasteiger partial charge in [-0.05, 0) is 70.4 Å². The van der Waals surface area contributed by atoms with E-state index in [1.807, 2.05) is 30.3 Å². The Morgan fingerprint density at radius 1 is 1.17 bits per heavy atom. The average Bonchev–Trinajstić information content (AvgIpc) is 3.03. The Hall–Kier alpha value is -1.34. The van der Waals surface area contributed by atoms with Gasteiger partial charge in [0.05, 0.1) is 13.5 Å². The van der Waals surface area contributed by atoms with Gasteiger partial charge in [0.2, 0.25) is 0 Å². The Balaban J connectivity index is 2.29. The first-order valence-corrected chi connectivity index (χ1v) is 9.97. The zero-order chi connectivity index (χ0) is 17.4. The van der Waals surface area contributed by atoms with Gasteiger partial charge in [-0.3, -0.25) is 0 Å². The van der Waals surface area contributed by atoms with E-state index in [4.69, 9.17) is 0 Å². The first-order chi connectivity index (χ1) is 11.6. The van der Waals surface area contributed by atoms with Gasteiger partial charge in [-0.25, -0.2) is 0 Å². The van der Waals surface area contributed by atoms with E-state index in [2.05, 4.69) is 89.5 Å². The van der Waals surface area contributed by atoms with Crippen molar-refractivity contribution in [2.45, 2.75) is 20.3 Å². The summed E-state index contributed by atoms with van der Waals surface area (Å²) >= 11 is 7.87. The van der Waals surface area contributed by atoms with Crippen molar-refractivity contribution in [3.63, 3.8) is 0 Å². The number of allylic oxidation sites excluding steroid dienone is 1. The standard InChI is InChI=1S/C20H18INS2/c1-3-15(2)19(20(21)22-16-7-5-4-6-8-16)12-11-17-9-10-18(24-17)13-14-23/h4-10,15,22-23H,3H2,1-2H3/b20-19+. The largest absolute Gasteiger partial charge is 0.350 e. The maximum atomic E-state index is 3.93. The summed E-state index contributed by atoms with van der Waals surface area (Å²) in [6.45, 7) is 4.39. The monoisotopic (exact) mass is 463 g/mol. The number of benzene rings is 1. The lowest BCUT2D eigenvalue weighted by molar-refractivity contribution is 0.673. The van der Waals surface area contributed by atoms with Gasteiger partial charge in [0.25, 0.3) is 0 Å². The number of hydrogen-bond acceptors (Lipinski definition) is 3. The minimum Gasteiger partial charge on any atom is -0.350 e. The molecule has 0 bridgehead atoms. The summed E-state index contributed by atoms with van der Waals surface area (Å²) in [5.74, 6) is 9.99. The first-order valence-electron chi connectivity index (χ1n) is 7.62. The van der Waals surface area contributed by atoms with Crippen molar-refractivity contribution < 1.29 is 0 Å². The van der Waals surface area contributed by atoms with Gasteiger partial charge in [0, 0.05) is 11.3 Å². The van der Waals surface area contributed by atoms with Crippen molar-refractivity contribution in [1.82, 2.24) is 0 Å². The van der Waals surface area contributed by atoms with Crippen molar-refractivity contribution in [1.29, 1.82) is 0 Å². The van der Waals surface area contributed by atoms with Crippen LogP contribution in [0, 0.1) is 28.9 Å². The van der Waals surface area contributed by atoms with E-state index in [-0.39, 0.29) is 0 Å². The molecular formula is C20H18INS2. The minimum absolute atomic E-state index is 0.400. The maximum Gasteiger partial charge on any atom is 0.0895 e. The van der Waals surface area contributed by atoms with Gasteiger partial charge in [-0.15, -0.1) is 11.3 Å². The van der Waals surface area contributed by atoms with Crippen molar-refractivity contribution in [2.24, 2.45) is 5.92 Å². The van der Waals surface area contributed by atoms with E-state index in [1.165, 1.54) is 0 Å². The highest BCUT2D eigenvalue weighted by Crippen LogP contribution is 2.24. The summed E-state index contributed by atoms with van der Waals surface area (Å²) in [6, 6.07) is 14.2. The van der Waals surface area contributed by atoms with Gasteiger partial charge >= 0.3 is 0 Å². The molecule has 1 nitrogen and oxygen atoms in total. The second-order valence-corrected chi connectivity index (χ2v) is 7.56. The van der Waals surface area contributed by atoms with Crippen LogP contribution in [0.25, 0.3) is 0 Å². The molecule has 0 aliphatic heterocycles. The zero-order valence-corrected chi connectivity index (χ0v) is 17.4. The molecule has 0 aliphatic rings. The molecule has 0 aliphatic carbocycles. The molecule has 0 saturated carbocycles. The fourth-order valence-corrected chi connectivity index (χ4v) is 3.86. The van der Waals surface area contributed by atoms with Gasteiger partial charge in [0.1, 0.15) is 0 Å². The summed E-state index contributed by atoms with van der Waals surface area (Å²) in [6.07, 6.45) is 1.05. The van der Waals surface area contributed by atoms with E-state index >= 15 is 0 Å². The number of halogens is 1. The highest BCUT2D eigenvalue weighted by molar-refractivity contribution is 14.1. The van der Waals surface area contributed by atoms with E-state index in [0.29, 0.717) is 5.92 Å². The molecule has 0 amide bonds. The Morgan fingerprint density at radius 3 is 2.46 bits per heavy atom. The normalized spacial score (nSPS) is 12.2. The lowest BCUT2D eigenvalue weighted by Gasteiger charge is -2.13. The third-order valence-corrected chi connectivity index (χ3v) is 5.35. The molecule has 1 aromatic carbocycles. The van der Waals surface area contributed by atoms with Crippen LogP contribution in [-0.4, -0.2) is 0 Å². The Kier molecular flexibility index (Phi) is 7.78. The van der Waals surface area contributed by atoms with Gasteiger partial charge in [-0.1, -0.05) is 56.5 Å². The molecule has 1 unspecified atom stereocenters. The number of rotatable bonds is 4. The highest BCUT2D eigenvalue weighted by Gasteiger charge is 2.10. The number of nitrogens with one attached hydrogen (secondary N) is 1. The molecule has 0 radical (unpaired) electrons. The molecule has 1 heterocycles. The number of anilines is 1. The van der Waals surface area contributed by atoms with Crippen LogP contribution >= 0.6 is 46.6 Å². The smallest absolute Gasteiger partial charge is 0.0895 e. The fourth-order valence-electron chi connectivity index (χ4n) is 1.97. The van der Waals surface area contributed by atoms with Crippen LogP contribution in [0.4, 0.5) is 5.69 Å². The SMILES string of the molecule is CCC(C)/C(C#Cc1ccc(C#CS)s1)=C(\I)Nc1ccccc1. The average molecular weight is 463 g/mol. The van der Waals surface area contributed by atoms with Crippen molar-refractivity contribution in [3.05, 3.63) is 61.5 Å². The minimum atomic E-state index is 0.400. The first kappa shape index (κ1) is 19.0. The maximum absolute atomic E-state index is 3.93. The number of thiol groups is 1. The van der Waals surface area contributed by atoms with E-state index in [0.717, 1.165) is 31.1 Å². The summed E-state index contributed by atoms with van der Waals surface area (Å²) in [5, 5.41) is 6.07. The lowest BCUT2D eigenvalue weighted by Crippen LogP contribution is -2.03. The van der Waals surface area contributed by atoms with Crippen LogP contribution in [0.1, 0.15) is 30.0 Å². The zero-order valence-electron chi connectivity index (χ0n) is 13.6. The molecule has 1 atom stereocenters. The molecule has 0 saturated heterocycles. The van der Waals surface area contributed by atoms with Crippen molar-refractivity contribution >= 4 is 52.2 Å². The summed E-state index contributed by atoms with van der Waals surface area (Å²) in [5.41, 5.74) is 2.21. The molecule has 2 aromatic rings. The second kappa shape index (κ2) is 9.84. The molecule has 4 heteroatoms. The van der Waals surface area contributed by atoms with E-state index in [1.54, 1.807) is 11.3 Å². The van der Waals surface area contributed by atoms with Crippen LogP contribution in [-0.2, 0) is 0 Å². The Labute approximate surface area is 167 Å². The quantitative estimate of drug-likeness (QED) is 0.240. The molecule has 2 rings (SSSR count).